The highest BCUT2D eigenvalue weighted by molar-refractivity contribution is 6.09. The molecular formula is C13H17N3O7. The van der Waals surface area contributed by atoms with E-state index in [-0.39, 0.29) is 24.1 Å². The van der Waals surface area contributed by atoms with E-state index in [1.54, 1.807) is 6.08 Å². The first-order valence-electron chi connectivity index (χ1n) is 6.74. The Hall–Kier alpha value is -2.59. The summed E-state index contributed by atoms with van der Waals surface area (Å²) in [4.78, 5) is 37.1. The van der Waals surface area contributed by atoms with E-state index in [0.717, 1.165) is 7.11 Å². The number of allylic oxidation sites excluding steroid dienone is 1. The second-order valence-electron chi connectivity index (χ2n) is 4.57. The molecular weight excluding hydrogens is 310 g/mol. The van der Waals surface area contributed by atoms with Gasteiger partial charge in [0.2, 0.25) is 18.3 Å². The van der Waals surface area contributed by atoms with Crippen molar-refractivity contribution in [2.45, 2.75) is 6.04 Å². The maximum atomic E-state index is 12.5. The SMILES string of the molecule is COC(=O)OCO/C1=C(/NN)C(=O)N2CCOC[C@H]2/C=C\C1=O. The van der Waals surface area contributed by atoms with Crippen LogP contribution in [0.25, 0.3) is 0 Å². The molecule has 0 aromatic carbocycles. The lowest BCUT2D eigenvalue weighted by Crippen LogP contribution is -2.51. The lowest BCUT2D eigenvalue weighted by atomic mass is 10.1. The molecule has 1 amide bonds. The number of carbonyl (C=O) groups excluding carboxylic acids is 3. The quantitative estimate of drug-likeness (QED) is 0.282. The van der Waals surface area contributed by atoms with Gasteiger partial charge < -0.3 is 29.3 Å². The maximum absolute atomic E-state index is 12.5. The molecule has 0 bridgehead atoms. The molecule has 10 heteroatoms. The molecule has 10 nitrogen and oxygen atoms in total. The van der Waals surface area contributed by atoms with Crippen LogP contribution in [0.3, 0.4) is 0 Å². The molecule has 2 rings (SSSR count). The number of hydrazine groups is 1. The molecule has 126 valence electrons. The molecule has 1 fully saturated rings. The topological polar surface area (TPSA) is 129 Å². The summed E-state index contributed by atoms with van der Waals surface area (Å²) in [7, 11) is 1.13. The first-order valence-corrected chi connectivity index (χ1v) is 6.74. The first-order chi connectivity index (χ1) is 11.1. The van der Waals surface area contributed by atoms with Gasteiger partial charge in [0, 0.05) is 6.54 Å². The zero-order valence-electron chi connectivity index (χ0n) is 12.4. The van der Waals surface area contributed by atoms with Gasteiger partial charge in [0.25, 0.3) is 5.91 Å². The molecule has 0 aromatic heterocycles. The molecule has 0 aromatic rings. The lowest BCUT2D eigenvalue weighted by molar-refractivity contribution is -0.135. The number of rotatable bonds is 4. The second-order valence-corrected chi connectivity index (χ2v) is 4.57. The zero-order valence-corrected chi connectivity index (χ0v) is 12.4. The summed E-state index contributed by atoms with van der Waals surface area (Å²) in [5, 5.41) is 0. The molecule has 23 heavy (non-hydrogen) atoms. The van der Waals surface area contributed by atoms with Gasteiger partial charge in [-0.1, -0.05) is 6.08 Å². The van der Waals surface area contributed by atoms with Gasteiger partial charge in [-0.2, -0.15) is 0 Å². The third-order valence-corrected chi connectivity index (χ3v) is 3.25. The third-order valence-electron chi connectivity index (χ3n) is 3.25. The Morgan fingerprint density at radius 3 is 3.00 bits per heavy atom. The molecule has 1 saturated heterocycles. The van der Waals surface area contributed by atoms with Crippen LogP contribution in [0.5, 0.6) is 0 Å². The third kappa shape index (κ3) is 3.79. The van der Waals surface area contributed by atoms with Gasteiger partial charge in [0.05, 0.1) is 26.4 Å². The van der Waals surface area contributed by atoms with E-state index in [0.29, 0.717) is 13.2 Å². The number of morpholine rings is 1. The highest BCUT2D eigenvalue weighted by Gasteiger charge is 2.33. The van der Waals surface area contributed by atoms with E-state index in [2.05, 4.69) is 14.9 Å². The van der Waals surface area contributed by atoms with Gasteiger partial charge in [-0.25, -0.2) is 4.79 Å². The minimum Gasteiger partial charge on any atom is -0.451 e. The average molecular weight is 327 g/mol. The lowest BCUT2D eigenvalue weighted by Gasteiger charge is -2.35. The molecule has 2 heterocycles. The molecule has 2 aliphatic heterocycles. The van der Waals surface area contributed by atoms with E-state index in [4.69, 9.17) is 15.3 Å². The van der Waals surface area contributed by atoms with Gasteiger partial charge in [-0.05, 0) is 6.08 Å². The van der Waals surface area contributed by atoms with Crippen molar-refractivity contribution in [3.8, 4) is 0 Å². The van der Waals surface area contributed by atoms with E-state index in [9.17, 15) is 14.4 Å². The zero-order chi connectivity index (χ0) is 16.8. The van der Waals surface area contributed by atoms with Crippen molar-refractivity contribution in [3.63, 3.8) is 0 Å². The normalized spacial score (nSPS) is 25.8. The maximum Gasteiger partial charge on any atom is 0.510 e. The molecule has 0 saturated carbocycles. The summed E-state index contributed by atoms with van der Waals surface area (Å²) in [5.41, 5.74) is 1.96. The van der Waals surface area contributed by atoms with Gasteiger partial charge >= 0.3 is 6.16 Å². The molecule has 0 radical (unpaired) electrons. The van der Waals surface area contributed by atoms with Gasteiger partial charge in [-0.3, -0.25) is 15.4 Å². The molecule has 3 N–H and O–H groups in total. The molecule has 2 aliphatic rings. The second kappa shape index (κ2) is 7.61. The number of hydrogen-bond donors (Lipinski definition) is 2. The van der Waals surface area contributed by atoms with Crippen LogP contribution in [0.1, 0.15) is 0 Å². The number of ether oxygens (including phenoxy) is 4. The summed E-state index contributed by atoms with van der Waals surface area (Å²) in [5.74, 6) is 3.93. The van der Waals surface area contributed by atoms with Crippen LogP contribution in [0.2, 0.25) is 0 Å². The van der Waals surface area contributed by atoms with E-state index < -0.39 is 24.6 Å². The number of methoxy groups -OCH3 is 1. The average Bonchev–Trinajstić information content (AvgIpc) is 2.57. The van der Waals surface area contributed by atoms with Crippen LogP contribution in [-0.4, -0.2) is 62.4 Å². The van der Waals surface area contributed by atoms with Crippen molar-refractivity contribution >= 4 is 17.8 Å². The standard InChI is InChI=1S/C13H17N3O7/c1-20-13(19)23-7-22-11-9(17)3-2-8-6-21-5-4-16(8)12(18)10(11)15-14/h2-3,8,15H,4-7,14H2,1H3/b3-2-,11-10+/t8-/m1/s1. The molecule has 0 unspecified atom stereocenters. The Bertz CT molecular complexity index is 558. The van der Waals surface area contributed by atoms with Crippen molar-refractivity contribution in [3.05, 3.63) is 23.6 Å². The fourth-order valence-corrected chi connectivity index (χ4v) is 2.14. The predicted octanol–water partition coefficient (Wildman–Crippen LogP) is -1.22. The highest BCUT2D eigenvalue weighted by atomic mass is 16.8. The fraction of sp³-hybridized carbons (Fsp3) is 0.462. The van der Waals surface area contributed by atoms with Crippen LogP contribution in [0.15, 0.2) is 23.6 Å². The Morgan fingerprint density at radius 2 is 2.30 bits per heavy atom. The summed E-state index contributed by atoms with van der Waals surface area (Å²) in [6.07, 6.45) is 1.82. The number of fused-ring (bicyclic) bond motifs is 1. The van der Waals surface area contributed by atoms with Gasteiger partial charge in [0.1, 0.15) is 0 Å². The molecule has 0 spiro atoms. The number of nitrogens with one attached hydrogen (secondary N) is 1. The van der Waals surface area contributed by atoms with Crippen LogP contribution in [-0.2, 0) is 28.5 Å². The number of amides is 1. The number of ketones is 1. The fourth-order valence-electron chi connectivity index (χ4n) is 2.14. The smallest absolute Gasteiger partial charge is 0.451 e. The predicted molar refractivity (Wildman–Crippen MR) is 74.3 cm³/mol. The Balaban J connectivity index is 2.23. The van der Waals surface area contributed by atoms with Crippen LogP contribution in [0.4, 0.5) is 4.79 Å². The van der Waals surface area contributed by atoms with Crippen LogP contribution >= 0.6 is 0 Å². The molecule has 1 atom stereocenters. The number of carbonyl (C=O) groups is 3. The highest BCUT2D eigenvalue weighted by Crippen LogP contribution is 2.18. The largest absolute Gasteiger partial charge is 0.510 e. The minimum absolute atomic E-state index is 0.222. The van der Waals surface area contributed by atoms with Gasteiger partial charge in [-0.15, -0.1) is 0 Å². The number of hydrogen-bond acceptors (Lipinski definition) is 9. The van der Waals surface area contributed by atoms with Crippen molar-refractivity contribution in [1.29, 1.82) is 0 Å². The van der Waals surface area contributed by atoms with E-state index >= 15 is 0 Å². The Labute approximate surface area is 131 Å². The summed E-state index contributed by atoms with van der Waals surface area (Å²) >= 11 is 0. The molecule has 0 aliphatic carbocycles. The van der Waals surface area contributed by atoms with Gasteiger partial charge in [0.15, 0.2) is 5.70 Å². The minimum atomic E-state index is -0.985. The van der Waals surface area contributed by atoms with Crippen molar-refractivity contribution in [2.24, 2.45) is 5.84 Å². The van der Waals surface area contributed by atoms with Crippen molar-refractivity contribution in [2.75, 3.05) is 33.7 Å². The Kier molecular flexibility index (Phi) is 5.55. The van der Waals surface area contributed by atoms with Crippen LogP contribution in [0, 0.1) is 0 Å². The van der Waals surface area contributed by atoms with E-state index in [1.165, 1.54) is 11.0 Å². The number of nitrogens with zero attached hydrogens (tertiary/aromatic N) is 1. The van der Waals surface area contributed by atoms with Crippen molar-refractivity contribution < 1.29 is 33.3 Å². The summed E-state index contributed by atoms with van der Waals surface area (Å²) < 4.78 is 19.2. The first kappa shape index (κ1) is 16.8. The summed E-state index contributed by atoms with van der Waals surface area (Å²) in [6, 6.07) is -0.364. The number of nitrogens with two attached hydrogens (primary N) is 1. The van der Waals surface area contributed by atoms with Crippen LogP contribution < -0.4 is 11.3 Å². The van der Waals surface area contributed by atoms with E-state index in [1.807, 2.05) is 0 Å². The summed E-state index contributed by atoms with van der Waals surface area (Å²) in [6.45, 7) is 0.407. The Morgan fingerprint density at radius 1 is 1.52 bits per heavy atom. The monoisotopic (exact) mass is 327 g/mol. The van der Waals surface area contributed by atoms with Crippen molar-refractivity contribution in [1.82, 2.24) is 10.3 Å².